The van der Waals surface area contributed by atoms with Gasteiger partial charge in [0.05, 0.1) is 32.0 Å². The molecule has 4 rings (SSSR count). The lowest BCUT2D eigenvalue weighted by atomic mass is 10.1. The molecular formula is C21H11Br2ClN2O3. The van der Waals surface area contributed by atoms with Gasteiger partial charge in [-0.25, -0.2) is 4.90 Å². The van der Waals surface area contributed by atoms with E-state index in [1.807, 2.05) is 0 Å². The van der Waals surface area contributed by atoms with Crippen molar-refractivity contribution >= 4 is 72.9 Å². The molecule has 29 heavy (non-hydrogen) atoms. The van der Waals surface area contributed by atoms with Gasteiger partial charge in [0.15, 0.2) is 0 Å². The van der Waals surface area contributed by atoms with Crippen molar-refractivity contribution in [3.05, 3.63) is 85.3 Å². The highest BCUT2D eigenvalue weighted by atomic mass is 79.9. The summed E-state index contributed by atoms with van der Waals surface area (Å²) in [6.45, 7) is 0. The van der Waals surface area contributed by atoms with E-state index in [0.29, 0.717) is 32.5 Å². The number of benzene rings is 3. The third kappa shape index (κ3) is 3.61. The normalized spacial score (nSPS) is 13.4. The van der Waals surface area contributed by atoms with E-state index >= 15 is 0 Å². The first-order valence-corrected chi connectivity index (χ1v) is 10.3. The summed E-state index contributed by atoms with van der Waals surface area (Å²) in [6, 6.07) is 14.9. The van der Waals surface area contributed by atoms with E-state index in [4.69, 9.17) is 11.6 Å². The molecule has 1 aliphatic heterocycles. The van der Waals surface area contributed by atoms with Crippen molar-refractivity contribution in [2.24, 2.45) is 4.99 Å². The number of phenols is 1. The maximum absolute atomic E-state index is 12.6. The first-order valence-electron chi connectivity index (χ1n) is 8.36. The Labute approximate surface area is 187 Å². The number of fused-ring (bicyclic) bond motifs is 1. The number of aromatic hydroxyl groups is 1. The second-order valence-corrected chi connectivity index (χ2v) is 8.39. The van der Waals surface area contributed by atoms with Gasteiger partial charge in [-0.15, -0.1) is 0 Å². The molecule has 3 aromatic carbocycles. The molecule has 8 heteroatoms. The van der Waals surface area contributed by atoms with Crippen LogP contribution in [0.2, 0.25) is 5.02 Å². The number of rotatable bonds is 3. The lowest BCUT2D eigenvalue weighted by molar-refractivity contribution is 0.0926. The van der Waals surface area contributed by atoms with Crippen LogP contribution in [0.3, 0.4) is 0 Å². The van der Waals surface area contributed by atoms with E-state index in [0.717, 1.165) is 9.37 Å². The van der Waals surface area contributed by atoms with Crippen molar-refractivity contribution in [2.75, 3.05) is 4.90 Å². The highest BCUT2D eigenvalue weighted by molar-refractivity contribution is 9.11. The second kappa shape index (κ2) is 7.74. The van der Waals surface area contributed by atoms with Crippen LogP contribution < -0.4 is 4.90 Å². The molecule has 0 spiro atoms. The average molecular weight is 535 g/mol. The molecule has 0 saturated carbocycles. The lowest BCUT2D eigenvalue weighted by Gasteiger charge is -2.14. The van der Waals surface area contributed by atoms with Crippen LogP contribution in [-0.4, -0.2) is 23.1 Å². The van der Waals surface area contributed by atoms with Gasteiger partial charge in [0.25, 0.3) is 11.8 Å². The molecule has 144 valence electrons. The van der Waals surface area contributed by atoms with E-state index < -0.39 is 0 Å². The molecule has 1 N–H and O–H groups in total. The smallest absolute Gasteiger partial charge is 0.266 e. The summed E-state index contributed by atoms with van der Waals surface area (Å²) in [5, 5.41) is 10.4. The Morgan fingerprint density at radius 2 is 1.62 bits per heavy atom. The highest BCUT2D eigenvalue weighted by Crippen LogP contribution is 2.35. The van der Waals surface area contributed by atoms with Gasteiger partial charge in [-0.05, 0) is 58.4 Å². The second-order valence-electron chi connectivity index (χ2n) is 6.21. The average Bonchev–Trinajstić information content (AvgIpc) is 2.95. The van der Waals surface area contributed by atoms with E-state index in [2.05, 4.69) is 36.9 Å². The Kier molecular flexibility index (Phi) is 5.29. The summed E-state index contributed by atoms with van der Waals surface area (Å²) in [5.41, 5.74) is 2.03. The minimum absolute atomic E-state index is 0.0516. The Morgan fingerprint density at radius 3 is 2.24 bits per heavy atom. The van der Waals surface area contributed by atoms with Crippen molar-refractivity contribution in [3.63, 3.8) is 0 Å². The predicted molar refractivity (Wildman–Crippen MR) is 120 cm³/mol. The Morgan fingerprint density at radius 1 is 0.966 bits per heavy atom. The number of anilines is 1. The molecule has 0 bridgehead atoms. The lowest BCUT2D eigenvalue weighted by Crippen LogP contribution is -2.29. The number of amides is 2. The molecule has 5 nitrogen and oxygen atoms in total. The Hall–Kier alpha value is -2.48. The third-order valence-electron chi connectivity index (χ3n) is 4.38. The quantitative estimate of drug-likeness (QED) is 0.325. The largest absolute Gasteiger partial charge is 0.506 e. The van der Waals surface area contributed by atoms with Crippen LogP contribution in [0.5, 0.6) is 5.75 Å². The Bertz CT molecular complexity index is 1180. The van der Waals surface area contributed by atoms with E-state index in [-0.39, 0.29) is 22.6 Å². The molecule has 2 amide bonds. The molecule has 0 unspecified atom stereocenters. The number of carbonyl (C=O) groups is 2. The number of nitrogens with zero attached hydrogens (tertiary/aromatic N) is 2. The zero-order chi connectivity index (χ0) is 20.7. The van der Waals surface area contributed by atoms with E-state index in [9.17, 15) is 14.7 Å². The molecule has 3 aromatic rings. The minimum atomic E-state index is -0.387. The van der Waals surface area contributed by atoms with Crippen molar-refractivity contribution in [1.82, 2.24) is 0 Å². The van der Waals surface area contributed by atoms with Crippen LogP contribution >= 0.6 is 43.5 Å². The fraction of sp³-hybridized carbons (Fsp3) is 0. The minimum Gasteiger partial charge on any atom is -0.506 e. The number of phenolic OH excluding ortho intramolecular Hbond substituents is 1. The van der Waals surface area contributed by atoms with Crippen LogP contribution in [0.15, 0.2) is 68.5 Å². The van der Waals surface area contributed by atoms with Gasteiger partial charge in [-0.2, -0.15) is 0 Å². The summed E-state index contributed by atoms with van der Waals surface area (Å²) in [6.07, 6.45) is 1.48. The molecule has 0 radical (unpaired) electrons. The molecule has 0 aliphatic carbocycles. The number of aliphatic imine (C=N–C) groups is 1. The molecule has 0 aromatic heterocycles. The first-order chi connectivity index (χ1) is 13.9. The summed E-state index contributed by atoms with van der Waals surface area (Å²) in [5.74, 6) is -0.723. The summed E-state index contributed by atoms with van der Waals surface area (Å²) < 4.78 is 1.30. The molecule has 1 aliphatic rings. The number of halogens is 3. The molecule has 0 saturated heterocycles. The van der Waals surface area contributed by atoms with Gasteiger partial charge in [0.1, 0.15) is 5.75 Å². The molecule has 1 heterocycles. The maximum atomic E-state index is 12.6. The van der Waals surface area contributed by atoms with Crippen LogP contribution in [0.4, 0.5) is 11.4 Å². The fourth-order valence-electron chi connectivity index (χ4n) is 2.99. The number of carbonyl (C=O) groups excluding carboxylic acids is 2. The predicted octanol–water partition coefficient (Wildman–Crippen LogP) is 6.12. The summed E-state index contributed by atoms with van der Waals surface area (Å²) >= 11 is 13.0. The van der Waals surface area contributed by atoms with Crippen LogP contribution in [0.25, 0.3) is 0 Å². The number of imide groups is 1. The van der Waals surface area contributed by atoms with Gasteiger partial charge in [-0.3, -0.25) is 14.6 Å². The van der Waals surface area contributed by atoms with Gasteiger partial charge in [-0.1, -0.05) is 39.7 Å². The standard InChI is InChI=1S/C21H11Br2ClN2O3/c22-12-7-11(19(27)16(23)8-12)10-25-18-6-5-13(9-17(18)24)26-20(28)14-3-1-2-4-15(14)21(26)29/h1-10,27H. The Balaban J connectivity index is 1.65. The topological polar surface area (TPSA) is 70.0 Å². The van der Waals surface area contributed by atoms with Crippen LogP contribution in [0.1, 0.15) is 26.3 Å². The molecule has 0 atom stereocenters. The van der Waals surface area contributed by atoms with Gasteiger partial charge in [0.2, 0.25) is 0 Å². The SMILES string of the molecule is O=C1c2ccccc2C(=O)N1c1ccc(N=Cc2cc(Br)cc(Br)c2O)c(Cl)c1. The zero-order valence-electron chi connectivity index (χ0n) is 14.6. The fourth-order valence-corrected chi connectivity index (χ4v) is 4.47. The van der Waals surface area contributed by atoms with Crippen LogP contribution in [0, 0.1) is 0 Å². The van der Waals surface area contributed by atoms with E-state index in [1.165, 1.54) is 12.3 Å². The first kappa shape index (κ1) is 19.8. The van der Waals surface area contributed by atoms with Gasteiger partial charge >= 0.3 is 0 Å². The molecule has 0 fully saturated rings. The van der Waals surface area contributed by atoms with Crippen LogP contribution in [-0.2, 0) is 0 Å². The van der Waals surface area contributed by atoms with Crippen molar-refractivity contribution in [1.29, 1.82) is 0 Å². The van der Waals surface area contributed by atoms with Gasteiger partial charge < -0.3 is 5.11 Å². The van der Waals surface area contributed by atoms with Gasteiger partial charge in [0, 0.05) is 16.3 Å². The van der Waals surface area contributed by atoms with Crippen molar-refractivity contribution < 1.29 is 14.7 Å². The van der Waals surface area contributed by atoms with Crippen molar-refractivity contribution in [2.45, 2.75) is 0 Å². The maximum Gasteiger partial charge on any atom is 0.266 e. The molecular weight excluding hydrogens is 524 g/mol. The monoisotopic (exact) mass is 532 g/mol. The summed E-state index contributed by atoms with van der Waals surface area (Å²) in [4.78, 5) is 30.6. The van der Waals surface area contributed by atoms with Crippen molar-refractivity contribution in [3.8, 4) is 5.75 Å². The zero-order valence-corrected chi connectivity index (χ0v) is 18.5. The summed E-state index contributed by atoms with van der Waals surface area (Å²) in [7, 11) is 0. The highest BCUT2D eigenvalue weighted by Gasteiger charge is 2.36. The van der Waals surface area contributed by atoms with E-state index in [1.54, 1.807) is 48.5 Å². The third-order valence-corrected chi connectivity index (χ3v) is 5.75. The number of hydrogen-bond acceptors (Lipinski definition) is 4. The number of hydrogen-bond donors (Lipinski definition) is 1.